The van der Waals surface area contributed by atoms with Gasteiger partial charge in [0.1, 0.15) is 5.67 Å². The summed E-state index contributed by atoms with van der Waals surface area (Å²) in [4.78, 5) is 25.7. The number of hydrogen-bond donors (Lipinski definition) is 0. The number of benzene rings is 1. The van der Waals surface area contributed by atoms with Crippen molar-refractivity contribution in [1.82, 2.24) is 15.1 Å². The summed E-state index contributed by atoms with van der Waals surface area (Å²) < 4.78 is 32.1. The molecule has 0 spiro atoms. The molecule has 1 aliphatic heterocycles. The van der Waals surface area contributed by atoms with E-state index >= 15 is 0 Å². The number of hydrogen-bond acceptors (Lipinski definition) is 7. The van der Waals surface area contributed by atoms with Crippen molar-refractivity contribution in [3.05, 3.63) is 48.1 Å². The smallest absolute Gasteiger partial charge is 0.232 e. The molecule has 232 valence electrons. The van der Waals surface area contributed by atoms with Crippen molar-refractivity contribution in [3.63, 3.8) is 0 Å². The van der Waals surface area contributed by atoms with Crippen LogP contribution in [0.25, 0.3) is 11.3 Å². The summed E-state index contributed by atoms with van der Waals surface area (Å²) in [6, 6.07) is 8.16. The second kappa shape index (κ2) is 9.71. The SMILES string of the molecule is O=C(CC12CC(F)(C1)C2)N(CC12CCC(c3nc(C4CC4)no3)(CC1)CC2)c1cccc(-c2cnc(C3CCOCC3)o2)c1. The Balaban J connectivity index is 0.967. The average Bonchev–Trinajstić information content (AvgIpc) is 3.53. The Bertz CT molecular complexity index is 1540. The fourth-order valence-corrected chi connectivity index (χ4v) is 9.28. The normalized spacial score (nSPS) is 34.4. The molecule has 8 nitrogen and oxygen atoms in total. The molecule has 8 fully saturated rings. The minimum Gasteiger partial charge on any atom is -0.440 e. The topological polar surface area (TPSA) is 94.5 Å². The minimum absolute atomic E-state index is 0.0215. The van der Waals surface area contributed by atoms with Gasteiger partial charge in [-0.1, -0.05) is 17.3 Å². The maximum absolute atomic E-state index is 14.4. The second-order valence-electron chi connectivity index (χ2n) is 15.3. The number of carbonyl (C=O) groups is 1. The van der Waals surface area contributed by atoms with E-state index in [-0.39, 0.29) is 28.1 Å². The molecule has 1 saturated heterocycles. The Morgan fingerprint density at radius 1 is 0.955 bits per heavy atom. The maximum atomic E-state index is 14.4. The summed E-state index contributed by atoms with van der Waals surface area (Å²) in [5.74, 6) is 4.11. The van der Waals surface area contributed by atoms with Crippen LogP contribution in [0.1, 0.15) is 119 Å². The van der Waals surface area contributed by atoms with E-state index in [1.54, 1.807) is 0 Å². The number of carbonyl (C=O) groups excluding carboxylic acids is 1. The fourth-order valence-electron chi connectivity index (χ4n) is 9.28. The van der Waals surface area contributed by atoms with E-state index in [4.69, 9.17) is 18.7 Å². The van der Waals surface area contributed by atoms with Crippen molar-refractivity contribution in [2.24, 2.45) is 10.8 Å². The lowest BCUT2D eigenvalue weighted by Gasteiger charge is -2.66. The van der Waals surface area contributed by atoms with Gasteiger partial charge in [0, 0.05) is 54.7 Å². The molecule has 0 atom stereocenters. The monoisotopic (exact) mass is 600 g/mol. The molecule has 0 N–H and O–H groups in total. The van der Waals surface area contributed by atoms with Crippen molar-refractivity contribution < 1.29 is 22.9 Å². The van der Waals surface area contributed by atoms with Gasteiger partial charge in [-0.15, -0.1) is 0 Å². The fraction of sp³-hybridized carbons (Fsp3) is 0.657. The van der Waals surface area contributed by atoms with Crippen molar-refractivity contribution in [3.8, 4) is 11.3 Å². The zero-order chi connectivity index (χ0) is 29.6. The van der Waals surface area contributed by atoms with E-state index in [0.29, 0.717) is 38.1 Å². The summed E-state index contributed by atoms with van der Waals surface area (Å²) >= 11 is 0. The molecule has 4 bridgehead atoms. The number of fused-ring (bicyclic) bond motifs is 3. The quantitative estimate of drug-likeness (QED) is 0.253. The third kappa shape index (κ3) is 4.55. The second-order valence-corrected chi connectivity index (χ2v) is 15.3. The van der Waals surface area contributed by atoms with E-state index in [2.05, 4.69) is 16.2 Å². The van der Waals surface area contributed by atoms with Gasteiger partial charge in [-0.25, -0.2) is 9.37 Å². The lowest BCUT2D eigenvalue weighted by Crippen LogP contribution is -2.65. The molecule has 0 radical (unpaired) electrons. The van der Waals surface area contributed by atoms with E-state index in [9.17, 15) is 9.18 Å². The Morgan fingerprint density at radius 2 is 1.70 bits per heavy atom. The van der Waals surface area contributed by atoms with Gasteiger partial charge in [0.15, 0.2) is 17.5 Å². The highest BCUT2D eigenvalue weighted by molar-refractivity contribution is 5.95. The zero-order valence-electron chi connectivity index (χ0n) is 25.4. The van der Waals surface area contributed by atoms with Crippen LogP contribution in [0.15, 0.2) is 39.4 Å². The largest absolute Gasteiger partial charge is 0.440 e. The number of oxazole rings is 1. The first kappa shape index (κ1) is 27.3. The van der Waals surface area contributed by atoms with Gasteiger partial charge in [-0.2, -0.15) is 4.98 Å². The molecule has 0 unspecified atom stereocenters. The first-order valence-electron chi connectivity index (χ1n) is 16.8. The van der Waals surface area contributed by atoms with Crippen LogP contribution < -0.4 is 4.90 Å². The number of alkyl halides is 1. The van der Waals surface area contributed by atoms with Gasteiger partial charge >= 0.3 is 0 Å². The minimum atomic E-state index is -1.01. The number of rotatable bonds is 9. The Labute approximate surface area is 257 Å². The lowest BCUT2D eigenvalue weighted by molar-refractivity contribution is -0.215. The molecule has 3 aromatic rings. The van der Waals surface area contributed by atoms with Crippen molar-refractivity contribution in [2.45, 2.75) is 113 Å². The van der Waals surface area contributed by atoms with Gasteiger partial charge in [0.05, 0.1) is 6.20 Å². The van der Waals surface area contributed by atoms with Crippen LogP contribution in [-0.4, -0.2) is 46.5 Å². The Hall–Kier alpha value is -3.07. The average molecular weight is 601 g/mol. The molecule has 1 aromatic carbocycles. The third-order valence-corrected chi connectivity index (χ3v) is 12.2. The van der Waals surface area contributed by atoms with Crippen LogP contribution in [-0.2, 0) is 14.9 Å². The number of halogens is 1. The van der Waals surface area contributed by atoms with Gasteiger partial charge in [0.2, 0.25) is 11.8 Å². The molecule has 9 heteroatoms. The van der Waals surface area contributed by atoms with Crippen LogP contribution >= 0.6 is 0 Å². The van der Waals surface area contributed by atoms with Gasteiger partial charge < -0.3 is 18.6 Å². The van der Waals surface area contributed by atoms with Crippen LogP contribution in [0, 0.1) is 10.8 Å². The zero-order valence-corrected chi connectivity index (χ0v) is 25.4. The summed E-state index contributed by atoms with van der Waals surface area (Å²) in [5, 5.41) is 4.33. The molecule has 7 saturated carbocycles. The summed E-state index contributed by atoms with van der Waals surface area (Å²) in [5.41, 5.74) is 0.686. The Kier molecular flexibility index (Phi) is 6.02. The summed E-state index contributed by atoms with van der Waals surface area (Å²) in [7, 11) is 0. The first-order valence-corrected chi connectivity index (χ1v) is 16.8. The highest BCUT2D eigenvalue weighted by Crippen LogP contribution is 2.71. The molecule has 2 aromatic heterocycles. The van der Waals surface area contributed by atoms with E-state index in [1.807, 2.05) is 29.3 Å². The van der Waals surface area contributed by atoms with Crippen molar-refractivity contribution >= 4 is 11.6 Å². The molecular weight excluding hydrogens is 559 g/mol. The number of nitrogens with zero attached hydrogens (tertiary/aromatic N) is 4. The standard InChI is InChI=1S/C35H41FN4O4/c36-35-19-33(20-35,21-35)17-28(41)40(26-3-1-2-25(16-26)27-18-37-30(43-27)24-6-14-42-15-7-24)22-32-8-11-34(12-9-32,13-10-32)31-38-29(39-44-31)23-4-5-23/h1-3,16,18,23-24H,4-15,17,19-22H2. The number of ether oxygens (including phenoxy) is 1. The van der Waals surface area contributed by atoms with Gasteiger partial charge in [-0.3, -0.25) is 4.79 Å². The molecule has 7 aliphatic carbocycles. The predicted molar refractivity (Wildman–Crippen MR) is 160 cm³/mol. The van der Waals surface area contributed by atoms with Gasteiger partial charge in [0.25, 0.3) is 0 Å². The highest BCUT2D eigenvalue weighted by atomic mass is 19.1. The van der Waals surface area contributed by atoms with Crippen LogP contribution in [0.5, 0.6) is 0 Å². The summed E-state index contributed by atoms with van der Waals surface area (Å²) in [6.45, 7) is 2.15. The van der Waals surface area contributed by atoms with Crippen molar-refractivity contribution in [2.75, 3.05) is 24.7 Å². The van der Waals surface area contributed by atoms with E-state index in [0.717, 1.165) is 99.2 Å². The molecule has 44 heavy (non-hydrogen) atoms. The van der Waals surface area contributed by atoms with E-state index in [1.165, 1.54) is 12.8 Å². The molecule has 3 heterocycles. The summed E-state index contributed by atoms with van der Waals surface area (Å²) in [6.07, 6.45) is 14.2. The number of amides is 1. The molecule has 11 rings (SSSR count). The number of anilines is 1. The van der Waals surface area contributed by atoms with Gasteiger partial charge in [-0.05, 0) is 106 Å². The molecule has 8 aliphatic rings. The number of aromatic nitrogens is 3. The van der Waals surface area contributed by atoms with Crippen LogP contribution in [0.2, 0.25) is 0 Å². The van der Waals surface area contributed by atoms with Crippen molar-refractivity contribution in [1.29, 1.82) is 0 Å². The molecular formula is C35H41FN4O4. The van der Waals surface area contributed by atoms with Crippen LogP contribution in [0.3, 0.4) is 0 Å². The third-order valence-electron chi connectivity index (χ3n) is 12.2. The van der Waals surface area contributed by atoms with Crippen LogP contribution in [0.4, 0.5) is 10.1 Å². The Morgan fingerprint density at radius 3 is 2.41 bits per heavy atom. The predicted octanol–water partition coefficient (Wildman–Crippen LogP) is 7.40. The molecule has 1 amide bonds. The maximum Gasteiger partial charge on any atom is 0.232 e. The lowest BCUT2D eigenvalue weighted by atomic mass is 9.41. The highest BCUT2D eigenvalue weighted by Gasteiger charge is 2.69. The van der Waals surface area contributed by atoms with E-state index < -0.39 is 5.67 Å². The first-order chi connectivity index (χ1) is 21.3.